The van der Waals surface area contributed by atoms with Gasteiger partial charge in [0.25, 0.3) is 17.7 Å². The highest BCUT2D eigenvalue weighted by molar-refractivity contribution is 6.01. The monoisotopic (exact) mass is 1360 g/mol. The number of nitrogens with one attached hydrogen (secondary N) is 7. The lowest BCUT2D eigenvalue weighted by molar-refractivity contribution is 0.0652. The molecule has 0 unspecified atom stereocenters. The first-order chi connectivity index (χ1) is 49.2. The Kier molecular flexibility index (Phi) is 21.1. The van der Waals surface area contributed by atoms with Crippen molar-refractivity contribution in [2.45, 2.75) is 33.8 Å². The zero-order chi connectivity index (χ0) is 69.8. The molecule has 26 nitrogen and oxygen atoms in total. The minimum absolute atomic E-state index is 0.0357. The van der Waals surface area contributed by atoms with E-state index in [2.05, 4.69) is 126 Å². The van der Waals surface area contributed by atoms with Gasteiger partial charge >= 0.3 is 0 Å². The Balaban J connectivity index is 0.000000136. The standard InChI is InChI=1S/C28H33N7O2.C25H27N7O2.C22H21N7O/c1-18(2)19(3)37-22-7-9-29-25(17-22)24-8-10-30-28(33-24)31-21-5-6-23-20(15-21)16-26(32-23)27(36)35-13-11-34(4)12-14-35;1-3-34-19-6-8-26-22(16-19)21-7-9-27-25(30-21)28-18-4-5-20-17(14-18)15-23(29-20)24(33)32-12-10-31(2)11-13-32;30-21(29-11-9-23-10-12-29)20-14-15-13-16(4-5-17(15)27-20)26-22-25-8-6-19(28-22)18-3-1-2-7-24-18/h5-10,15-19,32H,11-14H2,1-4H3,(H,30,31,33);4-9,14-16,29H,3,10-13H2,1-2H3,(H,27,28,30);1-8,13-14,23,27H,9-12H2,(H,25,26,28)/t19-;;/m1../s1. The first kappa shape index (κ1) is 67.8. The molecule has 0 aliphatic carbocycles. The quantitative estimate of drug-likeness (QED) is 0.0446. The molecule has 7 N–H and O–H groups in total. The van der Waals surface area contributed by atoms with E-state index in [1.807, 2.05) is 155 Å². The number of piperazine rings is 3. The number of anilines is 6. The molecule has 26 heteroatoms. The molecule has 15 rings (SSSR count). The van der Waals surface area contributed by atoms with Crippen molar-refractivity contribution >= 4 is 85.3 Å². The van der Waals surface area contributed by atoms with Crippen LogP contribution in [-0.4, -0.2) is 207 Å². The maximum absolute atomic E-state index is 13.0. The molecule has 0 saturated carbocycles. The summed E-state index contributed by atoms with van der Waals surface area (Å²) in [5.74, 6) is 3.45. The van der Waals surface area contributed by atoms with Gasteiger partial charge in [-0.3, -0.25) is 29.3 Å². The molecule has 1 atom stereocenters. The lowest BCUT2D eigenvalue weighted by atomic mass is 10.1. The number of fused-ring (bicyclic) bond motifs is 3. The average Bonchev–Trinajstić information content (AvgIpc) is 1.74. The fraction of sp³-hybridized carbons (Fsp3) is 0.280. The maximum Gasteiger partial charge on any atom is 0.270 e. The minimum atomic E-state index is 0.0357. The summed E-state index contributed by atoms with van der Waals surface area (Å²) in [6.45, 7) is 18.5. The number of benzene rings is 3. The van der Waals surface area contributed by atoms with Crippen molar-refractivity contribution in [2.75, 3.05) is 115 Å². The van der Waals surface area contributed by atoms with Crippen molar-refractivity contribution in [1.82, 2.24) is 89.6 Å². The number of hydrogen-bond donors (Lipinski definition) is 7. The number of H-pyrrole nitrogens is 3. The van der Waals surface area contributed by atoms with Gasteiger partial charge in [0.05, 0.1) is 46.9 Å². The van der Waals surface area contributed by atoms with Crippen LogP contribution in [0.4, 0.5) is 34.9 Å². The highest BCUT2D eigenvalue weighted by Gasteiger charge is 2.25. The van der Waals surface area contributed by atoms with Crippen LogP contribution in [0.25, 0.3) is 66.9 Å². The molecule has 9 aromatic heterocycles. The molecule has 101 heavy (non-hydrogen) atoms. The van der Waals surface area contributed by atoms with Crippen LogP contribution >= 0.6 is 0 Å². The molecule has 3 aliphatic heterocycles. The average molecular weight is 1360 g/mol. The number of carbonyl (C=O) groups excluding carboxylic acids is 3. The summed E-state index contributed by atoms with van der Waals surface area (Å²) in [5.41, 5.74) is 11.4. The number of rotatable bonds is 17. The Morgan fingerprint density at radius 1 is 0.426 bits per heavy atom. The van der Waals surface area contributed by atoms with Crippen molar-refractivity contribution in [1.29, 1.82) is 0 Å². The molecule has 3 saturated heterocycles. The van der Waals surface area contributed by atoms with Gasteiger partial charge < -0.3 is 70.2 Å². The number of pyridine rings is 3. The Morgan fingerprint density at radius 2 is 0.822 bits per heavy atom. The number of nitrogens with zero attached hydrogens (tertiary/aromatic N) is 14. The lowest BCUT2D eigenvalue weighted by Crippen LogP contribution is -2.47. The summed E-state index contributed by atoms with van der Waals surface area (Å²) < 4.78 is 11.6. The summed E-state index contributed by atoms with van der Waals surface area (Å²) in [6, 6.07) is 42.0. The SMILES string of the molecule is CC(C)[C@@H](C)Oc1ccnc(-c2ccnc(Nc3ccc4[nH]c(C(=O)N5CCN(C)CC5)cc4c3)n2)c1.CCOc1ccnc(-c2ccnc(Nc3ccc4[nH]c(C(=O)N5CCN(C)CC5)cc4c3)n2)c1.O=C(c1cc2cc(Nc3nccc(-c4ccccn4)n3)ccc2[nH]1)N1CCNCC1. The number of ether oxygens (including phenoxy) is 2. The van der Waals surface area contributed by atoms with E-state index >= 15 is 0 Å². The Labute approximate surface area is 584 Å². The summed E-state index contributed by atoms with van der Waals surface area (Å²) in [7, 11) is 4.16. The van der Waals surface area contributed by atoms with Gasteiger partial charge in [0.1, 0.15) is 28.6 Å². The highest BCUT2D eigenvalue weighted by Crippen LogP contribution is 2.30. The van der Waals surface area contributed by atoms with Crippen LogP contribution in [0.15, 0.2) is 171 Å². The first-order valence-electron chi connectivity index (χ1n) is 34.0. The van der Waals surface area contributed by atoms with Crippen molar-refractivity contribution in [3.8, 4) is 45.7 Å². The molecular formula is C75H81N21O5. The van der Waals surface area contributed by atoms with Gasteiger partial charge in [-0.25, -0.2) is 29.9 Å². The largest absolute Gasteiger partial charge is 0.494 e. The van der Waals surface area contributed by atoms with Crippen LogP contribution in [0.2, 0.25) is 0 Å². The zero-order valence-corrected chi connectivity index (χ0v) is 57.3. The van der Waals surface area contributed by atoms with Gasteiger partial charge in [-0.15, -0.1) is 0 Å². The van der Waals surface area contributed by atoms with E-state index in [0.29, 0.717) is 70.2 Å². The molecule has 3 amide bonds. The van der Waals surface area contributed by atoms with Crippen LogP contribution in [0.1, 0.15) is 59.2 Å². The zero-order valence-electron chi connectivity index (χ0n) is 57.3. The lowest BCUT2D eigenvalue weighted by Gasteiger charge is -2.32. The van der Waals surface area contributed by atoms with Gasteiger partial charge in [-0.05, 0) is 149 Å². The fourth-order valence-corrected chi connectivity index (χ4v) is 11.7. The molecule has 0 spiro atoms. The van der Waals surface area contributed by atoms with Crippen LogP contribution in [0.3, 0.4) is 0 Å². The minimum Gasteiger partial charge on any atom is -0.494 e. The molecule has 12 aromatic rings. The molecule has 0 bridgehead atoms. The Hall–Kier alpha value is -11.7. The summed E-state index contributed by atoms with van der Waals surface area (Å²) in [4.78, 5) is 98.6. The second kappa shape index (κ2) is 31.4. The van der Waals surface area contributed by atoms with Crippen LogP contribution in [0.5, 0.6) is 11.5 Å². The summed E-state index contributed by atoms with van der Waals surface area (Å²) in [6.07, 6.45) is 10.4. The van der Waals surface area contributed by atoms with E-state index in [-0.39, 0.29) is 23.8 Å². The van der Waals surface area contributed by atoms with Crippen LogP contribution in [0, 0.1) is 5.92 Å². The highest BCUT2D eigenvalue weighted by atomic mass is 16.5. The van der Waals surface area contributed by atoms with Gasteiger partial charge in [0.15, 0.2) is 0 Å². The Bertz CT molecular complexity index is 4840. The van der Waals surface area contributed by atoms with E-state index in [1.165, 1.54) is 0 Å². The number of hydrogen-bond acceptors (Lipinski definition) is 20. The van der Waals surface area contributed by atoms with E-state index < -0.39 is 0 Å². The number of aromatic nitrogens is 12. The third-order valence-electron chi connectivity index (χ3n) is 17.8. The molecule has 3 aliphatic rings. The topological polar surface area (TPSA) is 297 Å². The number of amides is 3. The van der Waals surface area contributed by atoms with Gasteiger partial charge in [-0.2, -0.15) is 0 Å². The van der Waals surface area contributed by atoms with Crippen molar-refractivity contribution in [3.05, 3.63) is 188 Å². The third-order valence-corrected chi connectivity index (χ3v) is 17.8. The van der Waals surface area contributed by atoms with Crippen molar-refractivity contribution in [2.24, 2.45) is 5.92 Å². The van der Waals surface area contributed by atoms with Crippen LogP contribution < -0.4 is 30.7 Å². The predicted octanol–water partition coefficient (Wildman–Crippen LogP) is 10.9. The second-order valence-electron chi connectivity index (χ2n) is 25.3. The summed E-state index contributed by atoms with van der Waals surface area (Å²) >= 11 is 0. The van der Waals surface area contributed by atoms with Gasteiger partial charge in [0, 0.05) is 178 Å². The number of carbonyl (C=O) groups is 3. The molecule has 516 valence electrons. The molecule has 0 radical (unpaired) electrons. The van der Waals surface area contributed by atoms with Crippen molar-refractivity contribution < 1.29 is 23.9 Å². The van der Waals surface area contributed by atoms with Crippen LogP contribution in [-0.2, 0) is 0 Å². The Morgan fingerprint density at radius 3 is 1.24 bits per heavy atom. The van der Waals surface area contributed by atoms with E-state index in [4.69, 9.17) is 9.47 Å². The molecule has 3 fully saturated rings. The molecule has 3 aromatic carbocycles. The van der Waals surface area contributed by atoms with Gasteiger partial charge in [-0.1, -0.05) is 19.9 Å². The number of aromatic amines is 3. The summed E-state index contributed by atoms with van der Waals surface area (Å²) in [5, 5.41) is 15.9. The van der Waals surface area contributed by atoms with E-state index in [1.54, 1.807) is 37.2 Å². The first-order valence-corrected chi connectivity index (χ1v) is 34.0. The predicted molar refractivity (Wildman–Crippen MR) is 392 cm³/mol. The molecular weight excluding hydrogens is 1270 g/mol. The second-order valence-corrected chi connectivity index (χ2v) is 25.3. The van der Waals surface area contributed by atoms with E-state index in [0.717, 1.165) is 151 Å². The van der Waals surface area contributed by atoms with E-state index in [9.17, 15) is 14.4 Å². The fourth-order valence-electron chi connectivity index (χ4n) is 11.7. The smallest absolute Gasteiger partial charge is 0.270 e. The molecule has 12 heterocycles. The van der Waals surface area contributed by atoms with Gasteiger partial charge in [0.2, 0.25) is 17.8 Å². The van der Waals surface area contributed by atoms with Crippen molar-refractivity contribution in [3.63, 3.8) is 0 Å². The third kappa shape index (κ3) is 17.0. The number of likely N-dealkylation sites (N-methyl/N-ethyl adjacent to an activating group) is 2. The maximum atomic E-state index is 13.0. The normalized spacial score (nSPS) is 14.6.